The minimum atomic E-state index is -4.22. The molecule has 0 aliphatic carbocycles. The molecule has 146 valence electrons. The lowest BCUT2D eigenvalue weighted by atomic mass is 10.2. The van der Waals surface area contributed by atoms with Crippen LogP contribution in [0.4, 0.5) is 5.69 Å². The fourth-order valence-electron chi connectivity index (χ4n) is 2.71. The number of para-hydroxylation sites is 1. The Morgan fingerprint density at radius 1 is 1.14 bits per heavy atom. The Balaban J connectivity index is 2.09. The molecule has 28 heavy (non-hydrogen) atoms. The summed E-state index contributed by atoms with van der Waals surface area (Å²) < 4.78 is 30.6. The van der Waals surface area contributed by atoms with Gasteiger partial charge >= 0.3 is 5.97 Å². The minimum Gasteiger partial charge on any atom is -0.478 e. The summed E-state index contributed by atoms with van der Waals surface area (Å²) in [5.41, 5.74) is -0.0653. The molecule has 0 aliphatic heterocycles. The third kappa shape index (κ3) is 3.41. The van der Waals surface area contributed by atoms with E-state index in [1.807, 2.05) is 0 Å². The molecule has 2 N–H and O–H groups in total. The van der Waals surface area contributed by atoms with Crippen molar-refractivity contribution in [3.63, 3.8) is 0 Å². The van der Waals surface area contributed by atoms with Crippen molar-refractivity contribution in [2.75, 3.05) is 4.72 Å². The number of nitrogens with zero attached hydrogens (tertiary/aromatic N) is 2. The summed E-state index contributed by atoms with van der Waals surface area (Å²) in [5, 5.41) is 9.05. The van der Waals surface area contributed by atoms with Crippen LogP contribution in [0.25, 0.3) is 5.69 Å². The molecule has 0 saturated heterocycles. The number of aromatic nitrogens is 2. The van der Waals surface area contributed by atoms with E-state index >= 15 is 0 Å². The molecule has 0 bridgehead atoms. The summed E-state index contributed by atoms with van der Waals surface area (Å²) in [6.07, 6.45) is 0. The maximum atomic E-state index is 12.8. The molecule has 0 fully saturated rings. The standard InChI is InChI=1S/C18H16ClN3O5S/c1-11-16(17(23)22(21(11)2)12-6-4-3-5-7-12)20-28(26,27)13-8-9-15(19)14(10-13)18(24)25/h3-10,20H,1-2H3,(H,24,25). The summed E-state index contributed by atoms with van der Waals surface area (Å²) >= 11 is 5.79. The van der Waals surface area contributed by atoms with Crippen molar-refractivity contribution >= 4 is 33.3 Å². The lowest BCUT2D eigenvalue weighted by molar-refractivity contribution is 0.0697. The zero-order chi connectivity index (χ0) is 20.6. The van der Waals surface area contributed by atoms with Crippen LogP contribution in [-0.2, 0) is 17.1 Å². The van der Waals surface area contributed by atoms with E-state index in [2.05, 4.69) is 4.72 Å². The minimum absolute atomic E-state index is 0.0891. The Morgan fingerprint density at radius 3 is 2.39 bits per heavy atom. The van der Waals surface area contributed by atoms with E-state index in [0.717, 1.165) is 6.07 Å². The predicted molar refractivity (Wildman–Crippen MR) is 105 cm³/mol. The van der Waals surface area contributed by atoms with Gasteiger partial charge in [0.1, 0.15) is 5.69 Å². The van der Waals surface area contributed by atoms with Crippen molar-refractivity contribution in [2.24, 2.45) is 7.05 Å². The summed E-state index contributed by atoms with van der Waals surface area (Å²) in [6.45, 7) is 1.60. The highest BCUT2D eigenvalue weighted by Gasteiger charge is 2.24. The van der Waals surface area contributed by atoms with E-state index in [9.17, 15) is 18.0 Å². The van der Waals surface area contributed by atoms with E-state index in [4.69, 9.17) is 16.7 Å². The van der Waals surface area contributed by atoms with Crippen LogP contribution in [0.15, 0.2) is 58.2 Å². The van der Waals surface area contributed by atoms with Gasteiger partial charge in [0.15, 0.2) is 0 Å². The third-order valence-electron chi connectivity index (χ3n) is 4.27. The highest BCUT2D eigenvalue weighted by Crippen LogP contribution is 2.23. The number of benzene rings is 2. The lowest BCUT2D eigenvalue weighted by Crippen LogP contribution is -2.23. The first-order chi connectivity index (χ1) is 13.1. The zero-order valence-electron chi connectivity index (χ0n) is 14.9. The van der Waals surface area contributed by atoms with Gasteiger partial charge in [0, 0.05) is 7.05 Å². The number of nitrogens with one attached hydrogen (secondary N) is 1. The average Bonchev–Trinajstić information content (AvgIpc) is 2.85. The quantitative estimate of drug-likeness (QED) is 0.658. The van der Waals surface area contributed by atoms with Gasteiger partial charge in [0.2, 0.25) is 0 Å². The monoisotopic (exact) mass is 421 g/mol. The molecular formula is C18H16ClN3O5S. The highest BCUT2D eigenvalue weighted by atomic mass is 35.5. The van der Waals surface area contributed by atoms with E-state index in [0.29, 0.717) is 11.4 Å². The van der Waals surface area contributed by atoms with E-state index in [1.165, 1.54) is 21.5 Å². The van der Waals surface area contributed by atoms with Gasteiger partial charge in [-0.2, -0.15) is 0 Å². The van der Waals surface area contributed by atoms with Crippen LogP contribution in [0.3, 0.4) is 0 Å². The molecule has 0 saturated carbocycles. The molecule has 0 unspecified atom stereocenters. The molecule has 3 rings (SSSR count). The van der Waals surface area contributed by atoms with Gasteiger partial charge in [-0.15, -0.1) is 0 Å². The lowest BCUT2D eigenvalue weighted by Gasteiger charge is -2.08. The number of hydrogen-bond acceptors (Lipinski definition) is 4. The van der Waals surface area contributed by atoms with Gasteiger partial charge in [-0.25, -0.2) is 17.9 Å². The maximum absolute atomic E-state index is 12.8. The van der Waals surface area contributed by atoms with Crippen LogP contribution < -0.4 is 10.3 Å². The summed E-state index contributed by atoms with van der Waals surface area (Å²) in [5.74, 6) is -1.36. The van der Waals surface area contributed by atoms with Crippen LogP contribution in [0, 0.1) is 6.92 Å². The molecule has 3 aromatic rings. The number of carboxylic acid groups (broad SMARTS) is 1. The van der Waals surface area contributed by atoms with Crippen molar-refractivity contribution in [1.29, 1.82) is 0 Å². The van der Waals surface area contributed by atoms with Crippen LogP contribution in [0.5, 0.6) is 0 Å². The Morgan fingerprint density at radius 2 is 1.79 bits per heavy atom. The van der Waals surface area contributed by atoms with Crippen molar-refractivity contribution < 1.29 is 18.3 Å². The van der Waals surface area contributed by atoms with Crippen LogP contribution in [0.2, 0.25) is 5.02 Å². The largest absolute Gasteiger partial charge is 0.478 e. The molecule has 0 radical (unpaired) electrons. The molecule has 2 aromatic carbocycles. The maximum Gasteiger partial charge on any atom is 0.337 e. The Labute approximate surface area is 165 Å². The normalized spacial score (nSPS) is 11.4. The highest BCUT2D eigenvalue weighted by molar-refractivity contribution is 7.92. The molecule has 10 heteroatoms. The second-order valence-electron chi connectivity index (χ2n) is 5.99. The number of carboxylic acids is 1. The second kappa shape index (κ2) is 7.17. The van der Waals surface area contributed by atoms with Crippen LogP contribution in [-0.4, -0.2) is 28.9 Å². The summed E-state index contributed by atoms with van der Waals surface area (Å²) in [4.78, 5) is 23.7. The first kappa shape index (κ1) is 19.7. The first-order valence-corrected chi connectivity index (χ1v) is 9.89. The average molecular weight is 422 g/mol. The summed E-state index contributed by atoms with van der Waals surface area (Å²) in [6, 6.07) is 12.1. The van der Waals surface area contributed by atoms with E-state index in [-0.39, 0.29) is 21.2 Å². The molecule has 0 aliphatic rings. The van der Waals surface area contributed by atoms with E-state index < -0.39 is 21.6 Å². The molecule has 8 nitrogen and oxygen atoms in total. The number of rotatable bonds is 5. The number of hydrogen-bond donors (Lipinski definition) is 2. The summed E-state index contributed by atoms with van der Waals surface area (Å²) in [7, 11) is -2.58. The topological polar surface area (TPSA) is 110 Å². The molecule has 0 spiro atoms. The molecule has 0 atom stereocenters. The van der Waals surface area contributed by atoms with Crippen molar-refractivity contribution in [1.82, 2.24) is 9.36 Å². The van der Waals surface area contributed by atoms with Crippen molar-refractivity contribution in [3.8, 4) is 5.69 Å². The van der Waals surface area contributed by atoms with Crippen LogP contribution >= 0.6 is 11.6 Å². The number of anilines is 1. The van der Waals surface area contributed by atoms with Gasteiger partial charge in [-0.3, -0.25) is 14.2 Å². The Hall–Kier alpha value is -3.04. The number of sulfonamides is 1. The fraction of sp³-hybridized carbons (Fsp3) is 0.111. The fourth-order valence-corrected chi connectivity index (χ4v) is 4.05. The first-order valence-electron chi connectivity index (χ1n) is 8.03. The Kier molecular flexibility index (Phi) is 5.05. The molecule has 1 heterocycles. The molecule has 0 amide bonds. The second-order valence-corrected chi connectivity index (χ2v) is 8.08. The number of carbonyl (C=O) groups is 1. The number of aromatic carboxylic acids is 1. The van der Waals surface area contributed by atoms with Gasteiger partial charge < -0.3 is 5.11 Å². The zero-order valence-corrected chi connectivity index (χ0v) is 16.5. The molecular weight excluding hydrogens is 406 g/mol. The van der Waals surface area contributed by atoms with Gasteiger partial charge in [-0.1, -0.05) is 29.8 Å². The van der Waals surface area contributed by atoms with Crippen molar-refractivity contribution in [3.05, 3.63) is 75.2 Å². The van der Waals surface area contributed by atoms with Crippen LogP contribution in [0.1, 0.15) is 16.1 Å². The van der Waals surface area contributed by atoms with Gasteiger partial charge in [0.25, 0.3) is 15.6 Å². The Bertz CT molecular complexity index is 1230. The number of halogens is 1. The van der Waals surface area contributed by atoms with Gasteiger partial charge in [-0.05, 0) is 37.3 Å². The SMILES string of the molecule is Cc1c(NS(=O)(=O)c2ccc(Cl)c(C(=O)O)c2)c(=O)n(-c2ccccc2)n1C. The van der Waals surface area contributed by atoms with E-state index in [1.54, 1.807) is 44.3 Å². The third-order valence-corrected chi connectivity index (χ3v) is 5.95. The van der Waals surface area contributed by atoms with Crippen molar-refractivity contribution in [2.45, 2.75) is 11.8 Å². The molecule has 1 aromatic heterocycles. The van der Waals surface area contributed by atoms with Gasteiger partial charge in [0.05, 0.1) is 26.9 Å². The smallest absolute Gasteiger partial charge is 0.337 e. The predicted octanol–water partition coefficient (Wildman–Crippen LogP) is 2.64.